The van der Waals surface area contributed by atoms with Crippen LogP contribution in [0.2, 0.25) is 0 Å². The number of aromatic nitrogens is 4. The van der Waals surface area contributed by atoms with Crippen LogP contribution in [0.5, 0.6) is 0 Å². The van der Waals surface area contributed by atoms with Crippen molar-refractivity contribution in [3.63, 3.8) is 0 Å². The highest BCUT2D eigenvalue weighted by molar-refractivity contribution is 7.92. The smallest absolute Gasteiger partial charge is 0.323 e. The molecule has 0 saturated carbocycles. The summed E-state index contributed by atoms with van der Waals surface area (Å²) in [6.07, 6.45) is 2.45. The number of fused-ring (bicyclic) bond motifs is 2. The van der Waals surface area contributed by atoms with Gasteiger partial charge in [-0.15, -0.1) is 0 Å². The Labute approximate surface area is 200 Å². The molecule has 1 amide bonds. The maximum atomic E-state index is 13.0. The third-order valence-corrected chi connectivity index (χ3v) is 6.97. The van der Waals surface area contributed by atoms with Crippen molar-refractivity contribution in [3.05, 3.63) is 89.1 Å². The van der Waals surface area contributed by atoms with E-state index in [-0.39, 0.29) is 22.1 Å². The summed E-state index contributed by atoms with van der Waals surface area (Å²) in [6, 6.07) is 18.5. The second kappa shape index (κ2) is 9.11. The van der Waals surface area contributed by atoms with Crippen molar-refractivity contribution in [1.82, 2.24) is 24.8 Å². The molecule has 0 saturated heterocycles. The molecule has 0 aliphatic carbocycles. The number of rotatable bonds is 8. The molecule has 5 rings (SSSR count). The maximum absolute atomic E-state index is 13.0. The average molecular weight is 491 g/mol. The van der Waals surface area contributed by atoms with Crippen LogP contribution in [0.1, 0.15) is 16.8 Å². The number of anilines is 1. The zero-order valence-electron chi connectivity index (χ0n) is 18.5. The topological polar surface area (TPSA) is 142 Å². The summed E-state index contributed by atoms with van der Waals surface area (Å²) in [4.78, 5) is 33.7. The van der Waals surface area contributed by atoms with Gasteiger partial charge in [-0.25, -0.2) is 18.2 Å². The monoisotopic (exact) mass is 490 g/mol. The summed E-state index contributed by atoms with van der Waals surface area (Å²) in [5.74, 6) is -0.385. The minimum atomic E-state index is -4.00. The number of nitrogens with one attached hydrogen (secondary N) is 4. The first-order valence-corrected chi connectivity index (χ1v) is 12.4. The first-order chi connectivity index (χ1) is 16.9. The quantitative estimate of drug-likeness (QED) is 0.248. The van der Waals surface area contributed by atoms with Crippen LogP contribution in [-0.4, -0.2) is 40.4 Å². The second-order valence-electron chi connectivity index (χ2n) is 7.97. The number of hydrogen-bond donors (Lipinski definition) is 4. The van der Waals surface area contributed by atoms with Crippen LogP contribution in [-0.2, 0) is 16.6 Å². The van der Waals surface area contributed by atoms with Crippen molar-refractivity contribution in [2.24, 2.45) is 0 Å². The van der Waals surface area contributed by atoms with Gasteiger partial charge in [-0.1, -0.05) is 24.3 Å². The van der Waals surface area contributed by atoms with E-state index in [2.05, 4.69) is 25.0 Å². The molecule has 0 bridgehead atoms. The van der Waals surface area contributed by atoms with Gasteiger partial charge in [-0.3, -0.25) is 9.52 Å². The summed E-state index contributed by atoms with van der Waals surface area (Å²) < 4.78 is 30.5. The van der Waals surface area contributed by atoms with Gasteiger partial charge in [0.25, 0.3) is 15.9 Å². The van der Waals surface area contributed by atoms with Crippen molar-refractivity contribution >= 4 is 43.7 Å². The predicted octanol–water partition coefficient (Wildman–Crippen LogP) is 2.83. The SMILES string of the molecule is O=C(NCCCn1cnc2ccccc21)c1ccccc1NS(=O)(=O)c1ccc2[nH]c(=O)[nH]c2c1. The van der Waals surface area contributed by atoms with Crippen LogP contribution >= 0.6 is 0 Å². The molecule has 2 aromatic heterocycles. The van der Waals surface area contributed by atoms with Gasteiger partial charge in [0, 0.05) is 13.1 Å². The largest absolute Gasteiger partial charge is 0.352 e. The van der Waals surface area contributed by atoms with Crippen LogP contribution < -0.4 is 15.7 Å². The summed E-state index contributed by atoms with van der Waals surface area (Å²) in [5.41, 5.74) is 2.76. The van der Waals surface area contributed by atoms with Crippen LogP contribution in [0.25, 0.3) is 22.1 Å². The number of amides is 1. The number of H-pyrrole nitrogens is 2. The van der Waals surface area contributed by atoms with E-state index in [4.69, 9.17) is 0 Å². The molecule has 0 fully saturated rings. The highest BCUT2D eigenvalue weighted by atomic mass is 32.2. The summed E-state index contributed by atoms with van der Waals surface area (Å²) in [5, 5.41) is 2.85. The average Bonchev–Trinajstić information content (AvgIpc) is 3.43. The molecular weight excluding hydrogens is 468 g/mol. The van der Waals surface area contributed by atoms with Gasteiger partial charge in [-0.2, -0.15) is 0 Å². The van der Waals surface area contributed by atoms with Crippen molar-refractivity contribution in [3.8, 4) is 0 Å². The molecule has 3 aromatic carbocycles. The Hall–Kier alpha value is -4.38. The Balaban J connectivity index is 1.26. The molecule has 11 heteroatoms. The number of aryl methyl sites for hydroxylation is 1. The molecule has 178 valence electrons. The number of aromatic amines is 2. The van der Waals surface area contributed by atoms with Crippen LogP contribution in [0, 0.1) is 0 Å². The van der Waals surface area contributed by atoms with Gasteiger partial charge in [-0.05, 0) is 48.9 Å². The molecule has 0 aliphatic rings. The molecule has 0 aliphatic heterocycles. The predicted molar refractivity (Wildman–Crippen MR) is 133 cm³/mol. The highest BCUT2D eigenvalue weighted by Gasteiger charge is 2.19. The van der Waals surface area contributed by atoms with E-state index in [1.54, 1.807) is 24.5 Å². The number of sulfonamides is 1. The van der Waals surface area contributed by atoms with E-state index in [0.717, 1.165) is 11.0 Å². The van der Waals surface area contributed by atoms with E-state index >= 15 is 0 Å². The molecular formula is C24H22N6O4S. The van der Waals surface area contributed by atoms with E-state index in [0.29, 0.717) is 30.5 Å². The number of para-hydroxylation sites is 3. The van der Waals surface area contributed by atoms with Gasteiger partial charge >= 0.3 is 5.69 Å². The second-order valence-corrected chi connectivity index (χ2v) is 9.66. The summed E-state index contributed by atoms with van der Waals surface area (Å²) in [7, 11) is -4.00. The van der Waals surface area contributed by atoms with Crippen LogP contribution in [0.3, 0.4) is 0 Å². The fourth-order valence-corrected chi connectivity index (χ4v) is 4.99. The zero-order chi connectivity index (χ0) is 24.4. The summed E-state index contributed by atoms with van der Waals surface area (Å²) in [6.45, 7) is 1.09. The molecule has 4 N–H and O–H groups in total. The molecule has 0 unspecified atom stereocenters. The Morgan fingerprint density at radius 1 is 0.971 bits per heavy atom. The Kier molecular flexibility index (Phi) is 5.83. The minimum Gasteiger partial charge on any atom is -0.352 e. The molecule has 0 radical (unpaired) electrons. The van der Waals surface area contributed by atoms with E-state index in [9.17, 15) is 18.0 Å². The lowest BCUT2D eigenvalue weighted by Crippen LogP contribution is -2.26. The zero-order valence-corrected chi connectivity index (χ0v) is 19.3. The lowest BCUT2D eigenvalue weighted by Gasteiger charge is -2.13. The van der Waals surface area contributed by atoms with E-state index < -0.39 is 15.7 Å². The Morgan fingerprint density at radius 3 is 2.63 bits per heavy atom. The van der Waals surface area contributed by atoms with Crippen molar-refractivity contribution in [2.75, 3.05) is 11.3 Å². The molecule has 0 atom stereocenters. The Morgan fingerprint density at radius 2 is 1.74 bits per heavy atom. The maximum Gasteiger partial charge on any atom is 0.323 e. The highest BCUT2D eigenvalue weighted by Crippen LogP contribution is 2.22. The summed E-state index contributed by atoms with van der Waals surface area (Å²) >= 11 is 0. The first kappa shape index (κ1) is 22.4. The van der Waals surface area contributed by atoms with Gasteiger partial charge in [0.2, 0.25) is 0 Å². The van der Waals surface area contributed by atoms with Gasteiger partial charge < -0.3 is 19.9 Å². The number of imidazole rings is 2. The van der Waals surface area contributed by atoms with Gasteiger partial charge in [0.15, 0.2) is 0 Å². The normalized spacial score (nSPS) is 11.7. The lowest BCUT2D eigenvalue weighted by molar-refractivity contribution is 0.0953. The third-order valence-electron chi connectivity index (χ3n) is 5.60. The van der Waals surface area contributed by atoms with E-state index in [1.165, 1.54) is 24.3 Å². The van der Waals surface area contributed by atoms with Gasteiger partial charge in [0.1, 0.15) is 0 Å². The van der Waals surface area contributed by atoms with Gasteiger partial charge in [0.05, 0.1) is 44.5 Å². The van der Waals surface area contributed by atoms with E-state index in [1.807, 2.05) is 28.8 Å². The minimum absolute atomic E-state index is 0.0389. The molecule has 10 nitrogen and oxygen atoms in total. The number of carbonyl (C=O) groups is 1. The van der Waals surface area contributed by atoms with Crippen LogP contribution in [0.15, 0.2) is 82.7 Å². The molecule has 35 heavy (non-hydrogen) atoms. The number of carbonyl (C=O) groups excluding carboxylic acids is 1. The van der Waals surface area contributed by atoms with Crippen molar-refractivity contribution < 1.29 is 13.2 Å². The fourth-order valence-electron chi connectivity index (χ4n) is 3.89. The lowest BCUT2D eigenvalue weighted by atomic mass is 10.1. The standard InChI is InChI=1S/C24H22N6O4S/c31-23(25-12-5-13-30-15-26-20-8-3-4-9-22(20)30)17-6-1-2-7-18(17)29-35(33,34)16-10-11-19-21(14-16)28-24(32)27-19/h1-4,6-11,14-15,29H,5,12-13H2,(H,25,31)(H2,27,28,32). The molecule has 0 spiro atoms. The van der Waals surface area contributed by atoms with Crippen molar-refractivity contribution in [1.29, 1.82) is 0 Å². The number of nitrogens with zero attached hydrogens (tertiary/aromatic N) is 2. The number of benzene rings is 3. The molecule has 2 heterocycles. The Bertz CT molecular complexity index is 1700. The van der Waals surface area contributed by atoms with Crippen molar-refractivity contribution in [2.45, 2.75) is 17.9 Å². The third kappa shape index (κ3) is 4.66. The fraction of sp³-hybridized carbons (Fsp3) is 0.125. The molecule has 5 aromatic rings. The van der Waals surface area contributed by atoms with Crippen LogP contribution in [0.4, 0.5) is 5.69 Å². The number of hydrogen-bond acceptors (Lipinski definition) is 5. The first-order valence-electron chi connectivity index (χ1n) is 10.9.